The van der Waals surface area contributed by atoms with E-state index in [1.54, 1.807) is 24.1 Å². The van der Waals surface area contributed by atoms with Crippen LogP contribution < -0.4 is 4.74 Å². The third-order valence-electron chi connectivity index (χ3n) is 4.48. The molecule has 146 valence electrons. The number of rotatable bonds is 9. The van der Waals surface area contributed by atoms with Crippen molar-refractivity contribution >= 4 is 15.7 Å². The Kier molecular flexibility index (Phi) is 7.86. The van der Waals surface area contributed by atoms with Crippen LogP contribution in [0.5, 0.6) is 5.75 Å². The molecular formula is C18H27NO6S. The van der Waals surface area contributed by atoms with Crippen LogP contribution in [-0.2, 0) is 24.1 Å². The van der Waals surface area contributed by atoms with Crippen molar-refractivity contribution in [2.45, 2.75) is 17.7 Å². The number of likely N-dealkylation sites (tertiary alicyclic amines) is 1. The first kappa shape index (κ1) is 20.7. The van der Waals surface area contributed by atoms with Crippen LogP contribution in [0.1, 0.15) is 12.8 Å². The number of carbonyl (C=O) groups excluding carboxylic acids is 1. The fourth-order valence-electron chi connectivity index (χ4n) is 2.86. The van der Waals surface area contributed by atoms with E-state index in [-0.39, 0.29) is 10.8 Å². The van der Waals surface area contributed by atoms with Gasteiger partial charge < -0.3 is 19.1 Å². The molecule has 2 rings (SSSR count). The molecule has 0 saturated carbocycles. The van der Waals surface area contributed by atoms with Gasteiger partial charge in [-0.2, -0.15) is 0 Å². The fraction of sp³-hybridized carbons (Fsp3) is 0.611. The minimum Gasteiger partial charge on any atom is -0.497 e. The molecule has 0 aliphatic carbocycles. The van der Waals surface area contributed by atoms with E-state index >= 15 is 0 Å². The molecule has 1 aliphatic heterocycles. The lowest BCUT2D eigenvalue weighted by atomic mass is 9.98. The summed E-state index contributed by atoms with van der Waals surface area (Å²) in [6.45, 7) is 2.91. The van der Waals surface area contributed by atoms with Crippen molar-refractivity contribution in [1.82, 2.24) is 4.90 Å². The first-order valence-electron chi connectivity index (χ1n) is 8.67. The zero-order valence-corrected chi connectivity index (χ0v) is 16.2. The highest BCUT2D eigenvalue weighted by atomic mass is 32.2. The van der Waals surface area contributed by atoms with Gasteiger partial charge >= 0.3 is 0 Å². The lowest BCUT2D eigenvalue weighted by molar-refractivity contribution is -0.130. The van der Waals surface area contributed by atoms with Gasteiger partial charge in [0.25, 0.3) is 0 Å². The SMILES string of the molecule is COCCOCC1CCN(C(=O)CS(=O)(=O)c2ccc(OC)cc2)CC1. The molecule has 0 aromatic heterocycles. The van der Waals surface area contributed by atoms with Crippen LogP contribution >= 0.6 is 0 Å². The van der Waals surface area contributed by atoms with Gasteiger partial charge in [-0.25, -0.2) is 8.42 Å². The summed E-state index contributed by atoms with van der Waals surface area (Å²) < 4.78 is 40.4. The van der Waals surface area contributed by atoms with Crippen LogP contribution in [0.15, 0.2) is 29.2 Å². The van der Waals surface area contributed by atoms with E-state index in [1.807, 2.05) is 0 Å². The molecule has 0 atom stereocenters. The molecule has 1 aromatic carbocycles. The molecule has 0 radical (unpaired) electrons. The summed E-state index contributed by atoms with van der Waals surface area (Å²) in [4.78, 5) is 14.2. The molecule has 26 heavy (non-hydrogen) atoms. The predicted molar refractivity (Wildman–Crippen MR) is 97.0 cm³/mol. The average molecular weight is 385 g/mol. The molecule has 0 bridgehead atoms. The maximum Gasteiger partial charge on any atom is 0.238 e. The maximum atomic E-state index is 12.4. The van der Waals surface area contributed by atoms with Crippen molar-refractivity contribution in [2.75, 3.05) is 52.9 Å². The first-order valence-corrected chi connectivity index (χ1v) is 10.3. The van der Waals surface area contributed by atoms with E-state index < -0.39 is 15.6 Å². The Morgan fingerprint density at radius 2 is 1.77 bits per heavy atom. The second-order valence-electron chi connectivity index (χ2n) is 6.33. The number of piperidine rings is 1. The average Bonchev–Trinajstić information content (AvgIpc) is 2.65. The summed E-state index contributed by atoms with van der Waals surface area (Å²) in [5, 5.41) is 0. The van der Waals surface area contributed by atoms with Crippen LogP contribution in [0.4, 0.5) is 0 Å². The largest absolute Gasteiger partial charge is 0.497 e. The van der Waals surface area contributed by atoms with Crippen molar-refractivity contribution in [3.63, 3.8) is 0 Å². The molecule has 1 amide bonds. The number of ether oxygens (including phenoxy) is 3. The molecular weight excluding hydrogens is 358 g/mol. The van der Waals surface area contributed by atoms with Gasteiger partial charge in [-0.3, -0.25) is 4.79 Å². The molecule has 7 nitrogen and oxygen atoms in total. The summed E-state index contributed by atoms with van der Waals surface area (Å²) >= 11 is 0. The summed E-state index contributed by atoms with van der Waals surface area (Å²) in [5.41, 5.74) is 0. The monoisotopic (exact) mass is 385 g/mol. The highest BCUT2D eigenvalue weighted by molar-refractivity contribution is 7.92. The Balaban J connectivity index is 1.82. The lowest BCUT2D eigenvalue weighted by Gasteiger charge is -2.31. The number of benzene rings is 1. The van der Waals surface area contributed by atoms with E-state index in [2.05, 4.69) is 0 Å². The number of methoxy groups -OCH3 is 2. The van der Waals surface area contributed by atoms with Crippen LogP contribution in [0, 0.1) is 5.92 Å². The highest BCUT2D eigenvalue weighted by Crippen LogP contribution is 2.20. The molecule has 1 saturated heterocycles. The summed E-state index contributed by atoms with van der Waals surface area (Å²) in [6.07, 6.45) is 1.64. The Hall–Kier alpha value is -1.64. The van der Waals surface area contributed by atoms with Gasteiger partial charge in [0.05, 0.1) is 25.2 Å². The highest BCUT2D eigenvalue weighted by Gasteiger charge is 2.27. The topological polar surface area (TPSA) is 82.1 Å². The molecule has 1 aromatic rings. The molecule has 0 N–H and O–H groups in total. The predicted octanol–water partition coefficient (Wildman–Crippen LogP) is 1.37. The third kappa shape index (κ3) is 5.96. The van der Waals surface area contributed by atoms with E-state index in [4.69, 9.17) is 14.2 Å². The minimum atomic E-state index is -3.65. The summed E-state index contributed by atoms with van der Waals surface area (Å²) in [6, 6.07) is 6.08. The van der Waals surface area contributed by atoms with E-state index in [1.165, 1.54) is 19.2 Å². The van der Waals surface area contributed by atoms with Gasteiger partial charge in [-0.05, 0) is 43.0 Å². The van der Waals surface area contributed by atoms with Crippen molar-refractivity contribution < 1.29 is 27.4 Å². The maximum absolute atomic E-state index is 12.4. The lowest BCUT2D eigenvalue weighted by Crippen LogP contribution is -2.42. The van der Waals surface area contributed by atoms with Crippen molar-refractivity contribution in [1.29, 1.82) is 0 Å². The number of sulfone groups is 1. The molecule has 1 fully saturated rings. The van der Waals surface area contributed by atoms with Crippen molar-refractivity contribution in [3.8, 4) is 5.75 Å². The Labute approximate surface area is 155 Å². The second kappa shape index (κ2) is 9.89. The smallest absolute Gasteiger partial charge is 0.238 e. The van der Waals surface area contributed by atoms with E-state index in [0.717, 1.165) is 12.8 Å². The Morgan fingerprint density at radius 3 is 2.35 bits per heavy atom. The second-order valence-corrected chi connectivity index (χ2v) is 8.32. The number of hydrogen-bond acceptors (Lipinski definition) is 6. The van der Waals surface area contributed by atoms with Gasteiger partial charge in [0, 0.05) is 26.8 Å². The zero-order chi connectivity index (χ0) is 19.0. The summed E-state index contributed by atoms with van der Waals surface area (Å²) in [5.74, 6) is 0.118. The molecule has 1 heterocycles. The van der Waals surface area contributed by atoms with Crippen LogP contribution in [-0.4, -0.2) is 72.1 Å². The fourth-order valence-corrected chi connectivity index (χ4v) is 4.09. The van der Waals surface area contributed by atoms with Gasteiger partial charge in [0.1, 0.15) is 11.5 Å². The number of carbonyl (C=O) groups is 1. The zero-order valence-electron chi connectivity index (χ0n) is 15.3. The quantitative estimate of drug-likeness (QED) is 0.597. The van der Waals surface area contributed by atoms with Crippen LogP contribution in [0.2, 0.25) is 0 Å². The van der Waals surface area contributed by atoms with Crippen LogP contribution in [0.25, 0.3) is 0 Å². The van der Waals surface area contributed by atoms with Gasteiger partial charge in [0.15, 0.2) is 9.84 Å². The van der Waals surface area contributed by atoms with E-state index in [9.17, 15) is 13.2 Å². The molecule has 0 spiro atoms. The standard InChI is InChI=1S/C18H27NO6S/c1-23-11-12-25-13-15-7-9-19(10-8-15)18(20)14-26(21,22)17-5-3-16(24-2)4-6-17/h3-6,15H,7-14H2,1-2H3. The number of amides is 1. The summed E-state index contributed by atoms with van der Waals surface area (Å²) in [7, 11) is -0.508. The van der Waals surface area contributed by atoms with E-state index in [0.29, 0.717) is 44.6 Å². The van der Waals surface area contributed by atoms with Gasteiger partial charge in [-0.1, -0.05) is 0 Å². The molecule has 0 unspecified atom stereocenters. The van der Waals surface area contributed by atoms with Crippen LogP contribution in [0.3, 0.4) is 0 Å². The van der Waals surface area contributed by atoms with Gasteiger partial charge in [0.2, 0.25) is 5.91 Å². The number of hydrogen-bond donors (Lipinski definition) is 0. The normalized spacial score (nSPS) is 15.8. The minimum absolute atomic E-state index is 0.132. The Morgan fingerprint density at radius 1 is 1.12 bits per heavy atom. The van der Waals surface area contributed by atoms with Crippen molar-refractivity contribution in [2.24, 2.45) is 5.92 Å². The molecule has 1 aliphatic rings. The van der Waals surface area contributed by atoms with Gasteiger partial charge in [-0.15, -0.1) is 0 Å². The number of nitrogens with zero attached hydrogens (tertiary/aromatic N) is 1. The third-order valence-corrected chi connectivity index (χ3v) is 6.10. The molecule has 8 heteroatoms. The first-order chi connectivity index (χ1) is 12.5. The Bertz CT molecular complexity index is 665. The van der Waals surface area contributed by atoms with Crippen molar-refractivity contribution in [3.05, 3.63) is 24.3 Å².